The first kappa shape index (κ1) is 12.1. The molecule has 0 saturated carbocycles. The number of fused-ring (bicyclic) bond motifs is 1. The van der Waals surface area contributed by atoms with E-state index in [0.717, 1.165) is 28.3 Å². The van der Waals surface area contributed by atoms with E-state index < -0.39 is 5.89 Å². The van der Waals surface area contributed by atoms with Crippen molar-refractivity contribution in [1.82, 2.24) is 4.98 Å². The Morgan fingerprint density at radius 3 is 2.72 bits per heavy atom. The Kier molecular flexibility index (Phi) is 3.33. The highest BCUT2D eigenvalue weighted by Gasteiger charge is 2.14. The van der Waals surface area contributed by atoms with E-state index in [1.807, 2.05) is 43.8 Å². The van der Waals surface area contributed by atoms with Gasteiger partial charge in [-0.15, -0.1) is 11.8 Å². The molecular weight excluding hydrogens is 242 g/mol. The minimum absolute atomic E-state index is 0.203. The highest BCUT2D eigenvalue weighted by molar-refractivity contribution is 7.99. The van der Waals surface area contributed by atoms with Gasteiger partial charge in [0.2, 0.25) is 5.89 Å². The van der Waals surface area contributed by atoms with Gasteiger partial charge in [0.25, 0.3) is 0 Å². The molecule has 1 heterocycles. The molecule has 2 rings (SSSR count). The third-order valence-electron chi connectivity index (χ3n) is 2.64. The molecule has 0 radical (unpaired) electrons. The molecule has 0 N–H and O–H groups in total. The molecule has 0 unspecified atom stereocenters. The van der Waals surface area contributed by atoms with E-state index in [0.29, 0.717) is 0 Å². The molecule has 0 aliphatic rings. The van der Waals surface area contributed by atoms with Gasteiger partial charge in [-0.2, -0.15) is 0 Å². The standard InChI is InChI=1S/C15H21NOS/c1-10(2)11-6-7-12-13(8-11)17-14(16-12)9-18-15(3,4)5/h6-8,10H,9H2,1-5H3/i10T. The molecule has 2 aromatic rings. The van der Waals surface area contributed by atoms with Crippen LogP contribution in [-0.2, 0) is 5.75 Å². The van der Waals surface area contributed by atoms with Crippen molar-refractivity contribution in [2.75, 3.05) is 0 Å². The Morgan fingerprint density at radius 1 is 1.39 bits per heavy atom. The zero-order chi connectivity index (χ0) is 14.3. The van der Waals surface area contributed by atoms with Gasteiger partial charge in [-0.05, 0) is 23.6 Å². The molecular formula is C15H21NOS. The number of nitrogens with zero attached hydrogens (tertiary/aromatic N) is 1. The predicted molar refractivity (Wildman–Crippen MR) is 79.1 cm³/mol. The predicted octanol–water partition coefficient (Wildman–Crippen LogP) is 4.98. The second-order valence-corrected chi connectivity index (χ2v) is 7.49. The van der Waals surface area contributed by atoms with Gasteiger partial charge in [0, 0.05) is 6.12 Å². The first-order chi connectivity index (χ1) is 8.65. The fourth-order valence-corrected chi connectivity index (χ4v) is 2.30. The third kappa shape index (κ3) is 3.29. The third-order valence-corrected chi connectivity index (χ3v) is 3.90. The molecule has 0 amide bonds. The Bertz CT molecular complexity index is 578. The summed E-state index contributed by atoms with van der Waals surface area (Å²) in [5.74, 6) is 0.925. The summed E-state index contributed by atoms with van der Waals surface area (Å²) in [6, 6.07) is 5.83. The van der Waals surface area contributed by atoms with E-state index in [4.69, 9.17) is 5.79 Å². The molecule has 1 aromatic carbocycles. The van der Waals surface area contributed by atoms with E-state index in [1.165, 1.54) is 0 Å². The van der Waals surface area contributed by atoms with Crippen molar-refractivity contribution in [3.8, 4) is 0 Å². The maximum atomic E-state index is 8.05. The van der Waals surface area contributed by atoms with Gasteiger partial charge in [0.05, 0.1) is 5.75 Å². The van der Waals surface area contributed by atoms with Crippen LogP contribution in [0.2, 0.25) is 0 Å². The number of hydrogen-bond donors (Lipinski definition) is 0. The highest BCUT2D eigenvalue weighted by Crippen LogP contribution is 2.29. The van der Waals surface area contributed by atoms with Crippen LogP contribution in [0.1, 0.15) is 53.3 Å². The number of oxazole rings is 1. The van der Waals surface area contributed by atoms with Crippen LogP contribution in [0.3, 0.4) is 0 Å². The minimum atomic E-state index is -0.610. The zero-order valence-corrected chi connectivity index (χ0v) is 12.5. The molecule has 0 aliphatic carbocycles. The molecule has 0 spiro atoms. The minimum Gasteiger partial charge on any atom is -0.440 e. The Morgan fingerprint density at radius 2 is 2.11 bits per heavy atom. The second-order valence-electron chi connectivity index (χ2n) is 5.69. The monoisotopic (exact) mass is 265 g/mol. The van der Waals surface area contributed by atoms with Crippen LogP contribution in [0.25, 0.3) is 11.1 Å². The highest BCUT2D eigenvalue weighted by atomic mass is 32.2. The van der Waals surface area contributed by atoms with Crippen LogP contribution in [0.5, 0.6) is 0 Å². The van der Waals surface area contributed by atoms with Crippen molar-refractivity contribution >= 4 is 22.9 Å². The van der Waals surface area contributed by atoms with Gasteiger partial charge in [0.1, 0.15) is 5.52 Å². The average molecular weight is 265 g/mol. The lowest BCUT2D eigenvalue weighted by atomic mass is 10.0. The Labute approximate surface area is 115 Å². The van der Waals surface area contributed by atoms with Crippen LogP contribution in [0, 0.1) is 0 Å². The molecule has 0 fully saturated rings. The Hall–Kier alpha value is -0.960. The molecule has 0 saturated heterocycles. The maximum Gasteiger partial charge on any atom is 0.205 e. The van der Waals surface area contributed by atoms with Crippen molar-refractivity contribution in [2.24, 2.45) is 0 Å². The molecule has 0 bridgehead atoms. The molecule has 3 heteroatoms. The van der Waals surface area contributed by atoms with Crippen LogP contribution >= 0.6 is 11.8 Å². The molecule has 98 valence electrons. The first-order valence-electron chi connectivity index (χ1n) is 6.69. The SMILES string of the molecule is [3H]C(C)(C)c1ccc2nc(CSC(C)(C)C)oc2c1. The first-order valence-corrected chi connectivity index (χ1v) is 7.18. The quantitative estimate of drug-likeness (QED) is 0.782. The molecule has 18 heavy (non-hydrogen) atoms. The summed E-state index contributed by atoms with van der Waals surface area (Å²) in [6.45, 7) is 10.3. The average Bonchev–Trinajstić information content (AvgIpc) is 2.65. The van der Waals surface area contributed by atoms with Crippen molar-refractivity contribution in [2.45, 2.75) is 51.0 Å². The molecule has 0 aliphatic heterocycles. The van der Waals surface area contributed by atoms with E-state index in [9.17, 15) is 0 Å². The van der Waals surface area contributed by atoms with Crippen molar-refractivity contribution in [1.29, 1.82) is 0 Å². The van der Waals surface area contributed by atoms with Crippen molar-refractivity contribution < 1.29 is 5.79 Å². The fourth-order valence-electron chi connectivity index (χ4n) is 1.62. The van der Waals surface area contributed by atoms with E-state index >= 15 is 0 Å². The number of rotatable bonds is 3. The number of benzene rings is 1. The smallest absolute Gasteiger partial charge is 0.205 e. The molecule has 1 aromatic heterocycles. The molecule has 2 nitrogen and oxygen atoms in total. The largest absolute Gasteiger partial charge is 0.440 e. The summed E-state index contributed by atoms with van der Waals surface area (Å²) in [5.41, 5.74) is 2.60. The lowest BCUT2D eigenvalue weighted by Crippen LogP contribution is -2.07. The maximum absolute atomic E-state index is 8.05. The van der Waals surface area contributed by atoms with Gasteiger partial charge in [-0.3, -0.25) is 0 Å². The van der Waals surface area contributed by atoms with E-state index in [-0.39, 0.29) is 4.75 Å². The van der Waals surface area contributed by atoms with Crippen molar-refractivity contribution in [3.63, 3.8) is 0 Å². The summed E-state index contributed by atoms with van der Waals surface area (Å²) in [4.78, 5) is 4.49. The van der Waals surface area contributed by atoms with Crippen LogP contribution in [0.15, 0.2) is 22.6 Å². The van der Waals surface area contributed by atoms with E-state index in [1.54, 1.807) is 0 Å². The summed E-state index contributed by atoms with van der Waals surface area (Å²) < 4.78 is 14.0. The van der Waals surface area contributed by atoms with Crippen LogP contribution < -0.4 is 0 Å². The summed E-state index contributed by atoms with van der Waals surface area (Å²) >= 11 is 1.82. The Balaban J connectivity index is 2.26. The van der Waals surface area contributed by atoms with Gasteiger partial charge in [-0.25, -0.2) is 4.98 Å². The van der Waals surface area contributed by atoms with Gasteiger partial charge >= 0.3 is 0 Å². The van der Waals surface area contributed by atoms with Gasteiger partial charge in [-0.1, -0.05) is 40.7 Å². The van der Waals surface area contributed by atoms with Crippen LogP contribution in [-0.4, -0.2) is 9.73 Å². The number of aromatic nitrogens is 1. The summed E-state index contributed by atoms with van der Waals surface area (Å²) in [5, 5.41) is 0. The van der Waals surface area contributed by atoms with Crippen molar-refractivity contribution in [3.05, 3.63) is 29.7 Å². The summed E-state index contributed by atoms with van der Waals surface area (Å²) in [6.07, 6.45) is 0. The zero-order valence-electron chi connectivity index (χ0n) is 12.7. The fraction of sp³-hybridized carbons (Fsp3) is 0.533. The number of thioether (sulfide) groups is 1. The number of hydrogen-bond acceptors (Lipinski definition) is 3. The lowest BCUT2D eigenvalue weighted by Gasteiger charge is -2.15. The van der Waals surface area contributed by atoms with E-state index in [2.05, 4.69) is 25.8 Å². The normalized spacial score (nSPS) is 13.9. The van der Waals surface area contributed by atoms with Gasteiger partial charge in [0.15, 0.2) is 5.58 Å². The molecule has 0 atom stereocenters. The summed E-state index contributed by atoms with van der Waals surface area (Å²) in [7, 11) is 0. The lowest BCUT2D eigenvalue weighted by molar-refractivity contribution is 0.554. The second kappa shape index (κ2) is 4.96. The van der Waals surface area contributed by atoms with Crippen LogP contribution in [0.4, 0.5) is 0 Å². The topological polar surface area (TPSA) is 26.0 Å². The van der Waals surface area contributed by atoms with Gasteiger partial charge < -0.3 is 4.42 Å².